The van der Waals surface area contributed by atoms with E-state index in [1.165, 1.54) is 0 Å². The Kier molecular flexibility index (Phi) is 4.46. The van der Waals surface area contributed by atoms with Gasteiger partial charge in [-0.25, -0.2) is 0 Å². The number of aryl methyl sites for hydroxylation is 1. The molecule has 0 N–H and O–H groups in total. The fourth-order valence-corrected chi connectivity index (χ4v) is 1.45. The third-order valence-corrected chi connectivity index (χ3v) is 2.37. The Morgan fingerprint density at radius 3 is 2.94 bits per heavy atom. The molecule has 0 aliphatic carbocycles. The van der Waals surface area contributed by atoms with Gasteiger partial charge in [0.15, 0.2) is 0 Å². The van der Waals surface area contributed by atoms with Gasteiger partial charge in [-0.3, -0.25) is 9.78 Å². The zero-order valence-corrected chi connectivity index (χ0v) is 9.60. The van der Waals surface area contributed by atoms with Gasteiger partial charge in [-0.05, 0) is 25.5 Å². The molecule has 0 aliphatic heterocycles. The summed E-state index contributed by atoms with van der Waals surface area (Å²) in [6, 6.07) is 5.70. The van der Waals surface area contributed by atoms with Gasteiger partial charge < -0.3 is 4.90 Å². The van der Waals surface area contributed by atoms with Crippen molar-refractivity contribution in [3.8, 4) is 6.07 Å². The van der Waals surface area contributed by atoms with Gasteiger partial charge in [-0.1, -0.05) is 6.07 Å². The Bertz CT molecular complexity index is 409. The van der Waals surface area contributed by atoms with Gasteiger partial charge in [0.2, 0.25) is 0 Å². The third kappa shape index (κ3) is 2.80. The summed E-state index contributed by atoms with van der Waals surface area (Å²) in [5.74, 6) is -0.101. The summed E-state index contributed by atoms with van der Waals surface area (Å²) in [6.07, 6.45) is 1.96. The molecule has 0 spiro atoms. The predicted octanol–water partition coefficient (Wildman–Crippen LogP) is 1.77. The van der Waals surface area contributed by atoms with E-state index in [-0.39, 0.29) is 5.91 Å². The Balaban J connectivity index is 2.84. The molecular weight excluding hydrogens is 202 g/mol. The second-order valence-electron chi connectivity index (χ2n) is 3.46. The lowest BCUT2D eigenvalue weighted by Gasteiger charge is -2.19. The van der Waals surface area contributed by atoms with Crippen LogP contribution >= 0.6 is 0 Å². The molecule has 0 aliphatic rings. The Morgan fingerprint density at radius 1 is 1.62 bits per heavy atom. The minimum Gasteiger partial charge on any atom is -0.337 e. The zero-order chi connectivity index (χ0) is 12.0. The standard InChI is InChI=1S/C12H15N3O/c1-3-15(9-5-7-13)12(16)11-10(2)6-4-8-14-11/h4,6,8H,3,5,9H2,1-2H3. The molecule has 4 nitrogen and oxygen atoms in total. The van der Waals surface area contributed by atoms with Crippen molar-refractivity contribution in [2.45, 2.75) is 20.3 Å². The van der Waals surface area contributed by atoms with E-state index in [9.17, 15) is 4.79 Å². The smallest absolute Gasteiger partial charge is 0.272 e. The second-order valence-corrected chi connectivity index (χ2v) is 3.46. The molecule has 4 heteroatoms. The van der Waals surface area contributed by atoms with Crippen LogP contribution < -0.4 is 0 Å². The third-order valence-electron chi connectivity index (χ3n) is 2.37. The molecular formula is C12H15N3O. The number of nitriles is 1. The van der Waals surface area contributed by atoms with Crippen LogP contribution in [-0.2, 0) is 0 Å². The van der Waals surface area contributed by atoms with Crippen LogP contribution in [0.1, 0.15) is 29.4 Å². The van der Waals surface area contributed by atoms with Crippen LogP contribution in [-0.4, -0.2) is 28.9 Å². The van der Waals surface area contributed by atoms with E-state index >= 15 is 0 Å². The summed E-state index contributed by atoms with van der Waals surface area (Å²) in [7, 11) is 0. The largest absolute Gasteiger partial charge is 0.337 e. The van der Waals surface area contributed by atoms with Crippen LogP contribution in [0.15, 0.2) is 18.3 Å². The molecule has 0 bridgehead atoms. The fraction of sp³-hybridized carbons (Fsp3) is 0.417. The maximum absolute atomic E-state index is 12.1. The molecule has 0 radical (unpaired) electrons. The number of amides is 1. The molecule has 0 aromatic carbocycles. The summed E-state index contributed by atoms with van der Waals surface area (Å²) in [5.41, 5.74) is 1.34. The minimum absolute atomic E-state index is 0.101. The number of pyridine rings is 1. The van der Waals surface area contributed by atoms with Gasteiger partial charge in [-0.2, -0.15) is 5.26 Å². The maximum atomic E-state index is 12.1. The average molecular weight is 217 g/mol. The lowest BCUT2D eigenvalue weighted by atomic mass is 10.2. The van der Waals surface area contributed by atoms with Crippen LogP contribution in [0.4, 0.5) is 0 Å². The lowest BCUT2D eigenvalue weighted by Crippen LogP contribution is -2.32. The molecule has 16 heavy (non-hydrogen) atoms. The van der Waals surface area contributed by atoms with Gasteiger partial charge in [0, 0.05) is 19.3 Å². The van der Waals surface area contributed by atoms with E-state index in [1.807, 2.05) is 26.0 Å². The van der Waals surface area contributed by atoms with E-state index in [4.69, 9.17) is 5.26 Å². The van der Waals surface area contributed by atoms with Gasteiger partial charge in [0.05, 0.1) is 12.5 Å². The molecule has 1 rings (SSSR count). The topological polar surface area (TPSA) is 57.0 Å². The average Bonchev–Trinajstić information content (AvgIpc) is 2.30. The molecule has 1 amide bonds. The van der Waals surface area contributed by atoms with E-state index in [0.29, 0.717) is 25.2 Å². The minimum atomic E-state index is -0.101. The summed E-state index contributed by atoms with van der Waals surface area (Å²) < 4.78 is 0. The highest BCUT2D eigenvalue weighted by molar-refractivity contribution is 5.93. The Morgan fingerprint density at radius 2 is 2.38 bits per heavy atom. The lowest BCUT2D eigenvalue weighted by molar-refractivity contribution is 0.0761. The quantitative estimate of drug-likeness (QED) is 0.772. The first-order valence-electron chi connectivity index (χ1n) is 5.28. The Labute approximate surface area is 95.5 Å². The summed E-state index contributed by atoms with van der Waals surface area (Å²) in [4.78, 5) is 17.8. The molecule has 0 saturated heterocycles. The van der Waals surface area contributed by atoms with Crippen molar-refractivity contribution in [1.29, 1.82) is 5.26 Å². The highest BCUT2D eigenvalue weighted by Gasteiger charge is 2.16. The number of carbonyl (C=O) groups excluding carboxylic acids is 1. The number of carbonyl (C=O) groups is 1. The maximum Gasteiger partial charge on any atom is 0.272 e. The summed E-state index contributed by atoms with van der Waals surface area (Å²) in [6.45, 7) is 4.81. The van der Waals surface area contributed by atoms with Gasteiger partial charge in [0.25, 0.3) is 5.91 Å². The SMILES string of the molecule is CCN(CCC#N)C(=O)c1ncccc1C. The summed E-state index contributed by atoms with van der Waals surface area (Å²) in [5, 5.41) is 8.51. The normalized spacial score (nSPS) is 9.56. The van der Waals surface area contributed by atoms with Crippen molar-refractivity contribution in [3.05, 3.63) is 29.6 Å². The van der Waals surface area contributed by atoms with Gasteiger partial charge >= 0.3 is 0 Å². The first-order valence-corrected chi connectivity index (χ1v) is 5.28. The van der Waals surface area contributed by atoms with E-state index < -0.39 is 0 Å². The Hall–Kier alpha value is -1.89. The molecule has 1 aromatic rings. The van der Waals surface area contributed by atoms with Crippen LogP contribution in [0.25, 0.3) is 0 Å². The van der Waals surface area contributed by atoms with E-state index in [1.54, 1.807) is 17.2 Å². The van der Waals surface area contributed by atoms with Crippen LogP contribution in [0.2, 0.25) is 0 Å². The number of rotatable bonds is 4. The molecule has 0 saturated carbocycles. The molecule has 0 unspecified atom stereocenters. The zero-order valence-electron chi connectivity index (χ0n) is 9.60. The van der Waals surface area contributed by atoms with Crippen molar-refractivity contribution < 1.29 is 4.79 Å². The van der Waals surface area contributed by atoms with E-state index in [2.05, 4.69) is 4.98 Å². The second kappa shape index (κ2) is 5.86. The fourth-order valence-electron chi connectivity index (χ4n) is 1.45. The van der Waals surface area contributed by atoms with Crippen molar-refractivity contribution in [3.63, 3.8) is 0 Å². The molecule has 1 aromatic heterocycles. The summed E-state index contributed by atoms with van der Waals surface area (Å²) >= 11 is 0. The van der Waals surface area contributed by atoms with Crippen LogP contribution in [0, 0.1) is 18.3 Å². The number of hydrogen-bond acceptors (Lipinski definition) is 3. The number of aromatic nitrogens is 1. The van der Waals surface area contributed by atoms with Crippen molar-refractivity contribution in [2.24, 2.45) is 0 Å². The molecule has 0 fully saturated rings. The molecule has 1 heterocycles. The highest BCUT2D eigenvalue weighted by Crippen LogP contribution is 2.07. The number of hydrogen-bond donors (Lipinski definition) is 0. The molecule has 84 valence electrons. The predicted molar refractivity (Wildman–Crippen MR) is 60.8 cm³/mol. The van der Waals surface area contributed by atoms with Gasteiger partial charge in [0.1, 0.15) is 5.69 Å². The first-order chi connectivity index (χ1) is 7.70. The highest BCUT2D eigenvalue weighted by atomic mass is 16.2. The number of nitrogens with zero attached hydrogens (tertiary/aromatic N) is 3. The molecule has 0 atom stereocenters. The van der Waals surface area contributed by atoms with E-state index in [0.717, 1.165) is 5.56 Å². The first kappa shape index (κ1) is 12.2. The van der Waals surface area contributed by atoms with Crippen molar-refractivity contribution in [1.82, 2.24) is 9.88 Å². The van der Waals surface area contributed by atoms with Crippen LogP contribution in [0.3, 0.4) is 0 Å². The van der Waals surface area contributed by atoms with Crippen LogP contribution in [0.5, 0.6) is 0 Å². The van der Waals surface area contributed by atoms with Crippen molar-refractivity contribution in [2.75, 3.05) is 13.1 Å². The monoisotopic (exact) mass is 217 g/mol. The van der Waals surface area contributed by atoms with Crippen molar-refractivity contribution >= 4 is 5.91 Å². The van der Waals surface area contributed by atoms with Gasteiger partial charge in [-0.15, -0.1) is 0 Å².